The van der Waals surface area contributed by atoms with Crippen LogP contribution in [-0.2, 0) is 42.3 Å². The van der Waals surface area contributed by atoms with Crippen LogP contribution in [0, 0.1) is 0 Å². The summed E-state index contributed by atoms with van der Waals surface area (Å²) in [5.74, 6) is 0. The Morgan fingerprint density at radius 1 is 0.750 bits per heavy atom. The summed E-state index contributed by atoms with van der Waals surface area (Å²) in [6.45, 7) is 13.1. The van der Waals surface area contributed by atoms with Crippen LogP contribution in [0.3, 0.4) is 0 Å². The third-order valence-corrected chi connectivity index (χ3v) is 4.66. The molecule has 6 nitrogen and oxygen atoms in total. The minimum atomic E-state index is 0. The summed E-state index contributed by atoms with van der Waals surface area (Å²) in [5.41, 5.74) is 2.15. The summed E-state index contributed by atoms with van der Waals surface area (Å²) in [4.78, 5) is 3.93. The van der Waals surface area contributed by atoms with Gasteiger partial charge < -0.3 is 35.1 Å². The van der Waals surface area contributed by atoms with Crippen LogP contribution in [-0.4, -0.2) is 57.7 Å². The molecule has 1 rings (SSSR count). The van der Waals surface area contributed by atoms with Crippen molar-refractivity contribution in [2.45, 2.75) is 34.6 Å². The van der Waals surface area contributed by atoms with Crippen LogP contribution in [0.1, 0.15) is 40.2 Å². The van der Waals surface area contributed by atoms with Gasteiger partial charge in [-0.3, -0.25) is 0 Å². The Morgan fingerprint density at radius 2 is 1.18 bits per heavy atom. The van der Waals surface area contributed by atoms with Gasteiger partial charge in [0.2, 0.25) is 0 Å². The van der Waals surface area contributed by atoms with Crippen LogP contribution in [0.2, 0.25) is 0 Å². The molecule has 0 N–H and O–H groups in total. The minimum absolute atomic E-state index is 0. The molecule has 0 aliphatic rings. The van der Waals surface area contributed by atoms with Gasteiger partial charge in [-0.15, -0.1) is 5.10 Å². The largest absolute Gasteiger partial charge is 2.00 e. The van der Waals surface area contributed by atoms with E-state index < -0.39 is 0 Å². The van der Waals surface area contributed by atoms with Gasteiger partial charge in [-0.1, -0.05) is 30.3 Å². The second kappa shape index (κ2) is 14.5. The van der Waals surface area contributed by atoms with Crippen molar-refractivity contribution in [2.75, 3.05) is 26.2 Å². The van der Waals surface area contributed by atoms with E-state index in [-0.39, 0.29) is 17.1 Å². The zero-order valence-electron chi connectivity index (χ0n) is 17.0. The fourth-order valence-electron chi connectivity index (χ4n) is 2.31. The van der Waals surface area contributed by atoms with Crippen LogP contribution in [0.25, 0.3) is 0 Å². The molecule has 0 aliphatic heterocycles. The van der Waals surface area contributed by atoms with Crippen molar-refractivity contribution >= 4 is 47.0 Å². The van der Waals surface area contributed by atoms with Crippen molar-refractivity contribution in [3.05, 3.63) is 35.9 Å². The molecule has 28 heavy (non-hydrogen) atoms. The molecular formula is C19H28CuN6S2. The van der Waals surface area contributed by atoms with Gasteiger partial charge in [-0.2, -0.15) is 15.3 Å². The first-order valence-corrected chi connectivity index (χ1v) is 9.97. The first-order chi connectivity index (χ1) is 13.0. The van der Waals surface area contributed by atoms with Crippen molar-refractivity contribution < 1.29 is 17.1 Å². The molecule has 1 radical (unpaired) electrons. The maximum Gasteiger partial charge on any atom is 2.00 e. The fraction of sp³-hybridized carbons (Fsp3) is 0.474. The van der Waals surface area contributed by atoms with Crippen molar-refractivity contribution in [3.8, 4) is 0 Å². The van der Waals surface area contributed by atoms with Crippen LogP contribution in [0.15, 0.2) is 50.7 Å². The molecule has 0 saturated carbocycles. The van der Waals surface area contributed by atoms with Gasteiger partial charge in [0.05, 0.1) is 5.71 Å². The Balaban J connectivity index is 0.00000729. The molecule has 0 atom stereocenters. The Kier molecular flexibility index (Phi) is 13.7. The van der Waals surface area contributed by atoms with E-state index in [9.17, 15) is 0 Å². The molecule has 0 amide bonds. The quantitative estimate of drug-likeness (QED) is 0.193. The normalized spacial score (nSPS) is 13.2. The summed E-state index contributed by atoms with van der Waals surface area (Å²) in [5, 5.41) is 18.0. The molecule has 0 bridgehead atoms. The second-order valence-electron chi connectivity index (χ2n) is 5.61. The predicted molar refractivity (Wildman–Crippen MR) is 122 cm³/mol. The van der Waals surface area contributed by atoms with E-state index in [4.69, 9.17) is 25.3 Å². The van der Waals surface area contributed by atoms with Crippen LogP contribution < -0.4 is 0 Å². The minimum Gasteiger partial charge on any atom is -0.741 e. The van der Waals surface area contributed by atoms with E-state index in [1.807, 2.05) is 74.8 Å². The summed E-state index contributed by atoms with van der Waals surface area (Å²) in [7, 11) is 0. The third-order valence-electron chi connectivity index (χ3n) is 3.98. The van der Waals surface area contributed by atoms with Crippen molar-refractivity contribution in [1.29, 1.82) is 0 Å². The van der Waals surface area contributed by atoms with E-state index in [0.717, 1.165) is 31.7 Å². The van der Waals surface area contributed by atoms with Crippen LogP contribution >= 0.6 is 0 Å². The Morgan fingerprint density at radius 3 is 1.61 bits per heavy atom. The Hall–Kier alpha value is -1.54. The van der Waals surface area contributed by atoms with E-state index in [1.165, 1.54) is 0 Å². The SMILES string of the molecule is CCN(CC)/C([S-])=N/N=C(C)/C(=N/N=C(\[S-])N(CC)CC)c1ccccc1.[Cu+2]. The average Bonchev–Trinajstić information content (AvgIpc) is 2.69. The smallest absolute Gasteiger partial charge is 0.741 e. The second-order valence-corrected chi connectivity index (χ2v) is 6.34. The molecule has 0 unspecified atom stereocenters. The Bertz CT molecular complexity index is 696. The number of nitrogens with zero attached hydrogens (tertiary/aromatic N) is 6. The predicted octanol–water partition coefficient (Wildman–Crippen LogP) is 3.25. The summed E-state index contributed by atoms with van der Waals surface area (Å²) < 4.78 is 0. The topological polar surface area (TPSA) is 55.9 Å². The number of benzene rings is 1. The maximum atomic E-state index is 5.36. The summed E-state index contributed by atoms with van der Waals surface area (Å²) in [6, 6.07) is 9.75. The number of hydrogen-bond donors (Lipinski definition) is 0. The van der Waals surface area contributed by atoms with E-state index in [0.29, 0.717) is 21.8 Å². The third kappa shape index (κ3) is 8.22. The van der Waals surface area contributed by atoms with Crippen molar-refractivity contribution in [2.24, 2.45) is 20.4 Å². The monoisotopic (exact) mass is 467 g/mol. The molecule has 0 aromatic heterocycles. The van der Waals surface area contributed by atoms with E-state index >= 15 is 0 Å². The fourth-order valence-corrected chi connectivity index (χ4v) is 2.91. The van der Waals surface area contributed by atoms with Gasteiger partial charge in [0.15, 0.2) is 0 Å². The van der Waals surface area contributed by atoms with E-state index in [1.54, 1.807) is 0 Å². The van der Waals surface area contributed by atoms with Gasteiger partial charge in [-0.05, 0) is 34.6 Å². The number of hydrogen-bond acceptors (Lipinski definition) is 6. The standard InChI is InChI=1S/C19H30N6S2.Cu/c1-6-24(7-2)18(26)22-20-15(5)17(16-13-11-10-12-14-16)21-23-19(27)25(8-3)9-4;/h10-14H,6-9H2,1-5H3,(H,22,26)(H,23,27);/q;+2/p-2/b20-15+,21-17-;. The summed E-state index contributed by atoms with van der Waals surface area (Å²) in [6.07, 6.45) is 0. The number of amidine groups is 2. The van der Waals surface area contributed by atoms with Crippen molar-refractivity contribution in [1.82, 2.24) is 9.80 Å². The van der Waals surface area contributed by atoms with Gasteiger partial charge >= 0.3 is 17.1 Å². The summed E-state index contributed by atoms with van der Waals surface area (Å²) >= 11 is 10.7. The first-order valence-electron chi connectivity index (χ1n) is 9.15. The maximum absolute atomic E-state index is 5.36. The van der Waals surface area contributed by atoms with Crippen LogP contribution in [0.4, 0.5) is 0 Å². The molecule has 157 valence electrons. The zero-order chi connectivity index (χ0) is 20.2. The molecule has 9 heteroatoms. The Labute approximate surface area is 190 Å². The molecule has 0 aliphatic carbocycles. The molecule has 0 spiro atoms. The number of rotatable bonds is 8. The molecule has 0 saturated heterocycles. The van der Waals surface area contributed by atoms with Gasteiger partial charge in [0.1, 0.15) is 5.71 Å². The molecule has 0 heterocycles. The van der Waals surface area contributed by atoms with Crippen LogP contribution in [0.5, 0.6) is 0 Å². The zero-order valence-corrected chi connectivity index (χ0v) is 19.6. The molecule has 0 fully saturated rings. The van der Waals surface area contributed by atoms with E-state index in [2.05, 4.69) is 20.4 Å². The average molecular weight is 468 g/mol. The molecular weight excluding hydrogens is 440 g/mol. The van der Waals surface area contributed by atoms with Gasteiger partial charge in [0, 0.05) is 42.1 Å². The van der Waals surface area contributed by atoms with Crippen molar-refractivity contribution in [3.63, 3.8) is 0 Å². The van der Waals surface area contributed by atoms with Gasteiger partial charge in [-0.25, -0.2) is 0 Å². The van der Waals surface area contributed by atoms with Gasteiger partial charge in [0.25, 0.3) is 0 Å². The molecule has 1 aromatic rings. The first kappa shape index (κ1) is 26.5. The molecule has 1 aromatic carbocycles.